The van der Waals surface area contributed by atoms with E-state index >= 15 is 0 Å². The molecule has 0 bridgehead atoms. The minimum Gasteiger partial charge on any atom is -0.359 e. The molecule has 0 saturated carbocycles. The zero-order chi connectivity index (χ0) is 8.53. The third-order valence-corrected chi connectivity index (χ3v) is 1.68. The zero-order valence-electron chi connectivity index (χ0n) is 7.93. The number of hydrogen-bond acceptors (Lipinski definition) is 2. The lowest BCUT2D eigenvalue weighted by Crippen LogP contribution is -2.09. The average Bonchev–Trinajstić information content (AvgIpc) is 2.01. The van der Waals surface area contributed by atoms with E-state index in [1.165, 1.54) is 19.3 Å². The maximum absolute atomic E-state index is 5.32. The number of methoxy groups -OCH3 is 1. The molecule has 0 aromatic rings. The van der Waals surface area contributed by atoms with Crippen molar-refractivity contribution in [2.24, 2.45) is 0 Å². The molecule has 0 aliphatic heterocycles. The smallest absolute Gasteiger partial charge is 0.146 e. The van der Waals surface area contributed by atoms with Crippen molar-refractivity contribution in [3.63, 3.8) is 0 Å². The third kappa shape index (κ3) is 7.82. The summed E-state index contributed by atoms with van der Waals surface area (Å²) in [6.45, 7) is 4.72. The van der Waals surface area contributed by atoms with E-state index in [0.29, 0.717) is 12.9 Å². The Morgan fingerprint density at radius 1 is 1.27 bits per heavy atom. The highest BCUT2D eigenvalue weighted by Crippen LogP contribution is 2.05. The largest absolute Gasteiger partial charge is 0.359 e. The molecule has 0 heterocycles. The molecule has 0 rings (SSSR count). The standard InChI is InChI=1S/C9H20O2/c1-4-5-6-7-9(2)11-8-10-3/h9H,4-8H2,1-3H3. The van der Waals surface area contributed by atoms with Gasteiger partial charge in [-0.3, -0.25) is 0 Å². The van der Waals surface area contributed by atoms with Crippen molar-refractivity contribution in [3.05, 3.63) is 0 Å². The van der Waals surface area contributed by atoms with Gasteiger partial charge in [-0.1, -0.05) is 26.2 Å². The molecule has 0 amide bonds. The zero-order valence-corrected chi connectivity index (χ0v) is 7.93. The Morgan fingerprint density at radius 3 is 2.55 bits per heavy atom. The van der Waals surface area contributed by atoms with Gasteiger partial charge in [0, 0.05) is 7.11 Å². The Kier molecular flexibility index (Phi) is 7.96. The van der Waals surface area contributed by atoms with Crippen molar-refractivity contribution < 1.29 is 9.47 Å². The predicted molar refractivity (Wildman–Crippen MR) is 46.6 cm³/mol. The Morgan fingerprint density at radius 2 is 2.00 bits per heavy atom. The van der Waals surface area contributed by atoms with E-state index in [2.05, 4.69) is 13.8 Å². The van der Waals surface area contributed by atoms with Crippen LogP contribution in [0.1, 0.15) is 39.5 Å². The van der Waals surface area contributed by atoms with Gasteiger partial charge in [-0.25, -0.2) is 0 Å². The fourth-order valence-electron chi connectivity index (χ4n) is 0.949. The lowest BCUT2D eigenvalue weighted by Gasteiger charge is -2.10. The molecule has 11 heavy (non-hydrogen) atoms. The second kappa shape index (κ2) is 8.02. The van der Waals surface area contributed by atoms with Gasteiger partial charge in [0.25, 0.3) is 0 Å². The molecule has 0 aliphatic rings. The maximum atomic E-state index is 5.32. The highest BCUT2D eigenvalue weighted by molar-refractivity contribution is 4.49. The van der Waals surface area contributed by atoms with Gasteiger partial charge >= 0.3 is 0 Å². The molecule has 0 radical (unpaired) electrons. The molecule has 1 unspecified atom stereocenters. The van der Waals surface area contributed by atoms with E-state index in [1.54, 1.807) is 7.11 Å². The first kappa shape index (κ1) is 10.9. The molecule has 0 N–H and O–H groups in total. The fourth-order valence-corrected chi connectivity index (χ4v) is 0.949. The van der Waals surface area contributed by atoms with Gasteiger partial charge in [-0.15, -0.1) is 0 Å². The highest BCUT2D eigenvalue weighted by Gasteiger charge is 1.99. The van der Waals surface area contributed by atoms with E-state index in [4.69, 9.17) is 9.47 Å². The molecular weight excluding hydrogens is 140 g/mol. The van der Waals surface area contributed by atoms with E-state index in [0.717, 1.165) is 6.42 Å². The minimum absolute atomic E-state index is 0.349. The first-order valence-electron chi connectivity index (χ1n) is 4.41. The number of rotatable bonds is 7. The van der Waals surface area contributed by atoms with Crippen LogP contribution in [0.4, 0.5) is 0 Å². The summed E-state index contributed by atoms with van der Waals surface area (Å²) < 4.78 is 10.1. The Balaban J connectivity index is 3.02. The van der Waals surface area contributed by atoms with Gasteiger partial charge in [0.15, 0.2) is 0 Å². The van der Waals surface area contributed by atoms with Crippen LogP contribution < -0.4 is 0 Å². The van der Waals surface area contributed by atoms with Crippen molar-refractivity contribution in [2.75, 3.05) is 13.9 Å². The molecule has 2 heteroatoms. The lowest BCUT2D eigenvalue weighted by molar-refractivity contribution is -0.0678. The Labute approximate surface area is 69.9 Å². The predicted octanol–water partition coefficient (Wildman–Crippen LogP) is 2.58. The van der Waals surface area contributed by atoms with Crippen molar-refractivity contribution >= 4 is 0 Å². The first-order valence-corrected chi connectivity index (χ1v) is 4.41. The third-order valence-electron chi connectivity index (χ3n) is 1.68. The topological polar surface area (TPSA) is 18.5 Å². The van der Waals surface area contributed by atoms with Crippen LogP contribution in [0, 0.1) is 0 Å². The monoisotopic (exact) mass is 160 g/mol. The van der Waals surface area contributed by atoms with Crippen molar-refractivity contribution in [1.29, 1.82) is 0 Å². The van der Waals surface area contributed by atoms with E-state index < -0.39 is 0 Å². The second-order valence-corrected chi connectivity index (χ2v) is 2.88. The first-order chi connectivity index (χ1) is 5.31. The van der Waals surface area contributed by atoms with Gasteiger partial charge in [-0.05, 0) is 13.3 Å². The van der Waals surface area contributed by atoms with E-state index in [-0.39, 0.29) is 0 Å². The van der Waals surface area contributed by atoms with Gasteiger partial charge in [-0.2, -0.15) is 0 Å². The SMILES string of the molecule is CCCCCC(C)OCOC. The minimum atomic E-state index is 0.349. The lowest BCUT2D eigenvalue weighted by atomic mass is 10.1. The summed E-state index contributed by atoms with van der Waals surface area (Å²) in [5.41, 5.74) is 0. The highest BCUT2D eigenvalue weighted by atomic mass is 16.7. The summed E-state index contributed by atoms with van der Waals surface area (Å²) in [7, 11) is 1.65. The molecule has 0 spiro atoms. The second-order valence-electron chi connectivity index (χ2n) is 2.88. The Bertz CT molecular complexity index is 74.0. The number of hydrogen-bond donors (Lipinski definition) is 0. The normalized spacial score (nSPS) is 13.4. The molecule has 0 aromatic heterocycles. The molecule has 68 valence electrons. The summed E-state index contributed by atoms with van der Waals surface area (Å²) in [5.74, 6) is 0. The molecule has 0 saturated heterocycles. The van der Waals surface area contributed by atoms with Crippen LogP contribution in [0.3, 0.4) is 0 Å². The summed E-state index contributed by atoms with van der Waals surface area (Å²) >= 11 is 0. The quantitative estimate of drug-likeness (QED) is 0.421. The summed E-state index contributed by atoms with van der Waals surface area (Å²) in [6.07, 6.45) is 5.34. The van der Waals surface area contributed by atoms with Crippen LogP contribution in [-0.4, -0.2) is 20.0 Å². The van der Waals surface area contributed by atoms with E-state index in [1.807, 2.05) is 0 Å². The van der Waals surface area contributed by atoms with Gasteiger partial charge < -0.3 is 9.47 Å². The van der Waals surface area contributed by atoms with Crippen LogP contribution in [0.2, 0.25) is 0 Å². The average molecular weight is 160 g/mol. The molecule has 0 aliphatic carbocycles. The number of unbranched alkanes of at least 4 members (excludes halogenated alkanes) is 2. The summed E-state index contributed by atoms with van der Waals surface area (Å²) in [6, 6.07) is 0. The van der Waals surface area contributed by atoms with Crippen LogP contribution in [0.25, 0.3) is 0 Å². The van der Waals surface area contributed by atoms with Gasteiger partial charge in [0.2, 0.25) is 0 Å². The molecular formula is C9H20O2. The van der Waals surface area contributed by atoms with E-state index in [9.17, 15) is 0 Å². The van der Waals surface area contributed by atoms with Crippen molar-refractivity contribution in [3.8, 4) is 0 Å². The number of ether oxygens (including phenoxy) is 2. The van der Waals surface area contributed by atoms with Crippen molar-refractivity contribution in [2.45, 2.75) is 45.6 Å². The summed E-state index contributed by atoms with van der Waals surface area (Å²) in [4.78, 5) is 0. The van der Waals surface area contributed by atoms with Crippen LogP contribution in [0.5, 0.6) is 0 Å². The van der Waals surface area contributed by atoms with Gasteiger partial charge in [0.1, 0.15) is 6.79 Å². The van der Waals surface area contributed by atoms with Crippen LogP contribution in [-0.2, 0) is 9.47 Å². The van der Waals surface area contributed by atoms with Gasteiger partial charge in [0.05, 0.1) is 6.10 Å². The fraction of sp³-hybridized carbons (Fsp3) is 1.00. The molecule has 2 nitrogen and oxygen atoms in total. The molecule has 0 aromatic carbocycles. The Hall–Kier alpha value is -0.0800. The van der Waals surface area contributed by atoms with Crippen LogP contribution in [0.15, 0.2) is 0 Å². The molecule has 0 fully saturated rings. The summed E-state index contributed by atoms with van der Waals surface area (Å²) in [5, 5.41) is 0. The maximum Gasteiger partial charge on any atom is 0.146 e. The molecule has 1 atom stereocenters. The van der Waals surface area contributed by atoms with Crippen molar-refractivity contribution in [1.82, 2.24) is 0 Å². The van der Waals surface area contributed by atoms with Crippen LogP contribution >= 0.6 is 0 Å².